The van der Waals surface area contributed by atoms with E-state index in [1.807, 2.05) is 24.3 Å². The Kier molecular flexibility index (Phi) is 3.64. The van der Waals surface area contributed by atoms with E-state index < -0.39 is 0 Å². The number of rotatable bonds is 3. The van der Waals surface area contributed by atoms with Gasteiger partial charge >= 0.3 is 0 Å². The lowest BCUT2D eigenvalue weighted by Gasteiger charge is -2.08. The topological polar surface area (TPSA) is 13.6 Å². The molecule has 0 fully saturated rings. The van der Waals surface area contributed by atoms with Gasteiger partial charge in [0, 0.05) is 0 Å². The van der Waals surface area contributed by atoms with Crippen LogP contribution in [0.3, 0.4) is 0 Å². The average Bonchev–Trinajstić information content (AvgIpc) is 2.39. The minimum atomic E-state index is 0.518. The predicted octanol–water partition coefficient (Wildman–Crippen LogP) is 5.15. The van der Waals surface area contributed by atoms with Crippen LogP contribution in [0.2, 0.25) is 0 Å². The van der Waals surface area contributed by atoms with Crippen molar-refractivity contribution in [1.29, 1.82) is 0 Å². The second kappa shape index (κ2) is 5.37. The smallest absolute Gasteiger partial charge is 0.190 e. The van der Waals surface area contributed by atoms with Gasteiger partial charge in [-0.25, -0.2) is 4.85 Å². The van der Waals surface area contributed by atoms with Gasteiger partial charge in [-0.1, -0.05) is 38.1 Å². The Hall–Kier alpha value is -2.27. The van der Waals surface area contributed by atoms with Crippen LogP contribution in [-0.4, -0.2) is 0 Å². The van der Waals surface area contributed by atoms with Gasteiger partial charge in [0.1, 0.15) is 11.5 Å². The maximum absolute atomic E-state index is 6.96. The zero-order valence-corrected chi connectivity index (χ0v) is 10.6. The van der Waals surface area contributed by atoms with Crippen LogP contribution < -0.4 is 4.74 Å². The molecule has 2 nitrogen and oxygen atoms in total. The fourth-order valence-corrected chi connectivity index (χ4v) is 1.67. The molecule has 0 spiro atoms. The third-order valence-electron chi connectivity index (χ3n) is 2.73. The standard InChI is InChI=1S/C16H15NO/c1-12(2)13-7-9-15(10-8-13)18-16-6-4-5-14(11-16)17-3/h4-12H,1-2H3. The van der Waals surface area contributed by atoms with Crippen LogP contribution in [0.25, 0.3) is 4.85 Å². The molecule has 0 N–H and O–H groups in total. The second-order valence-corrected chi connectivity index (χ2v) is 4.43. The molecule has 0 aliphatic carbocycles. The van der Waals surface area contributed by atoms with E-state index in [-0.39, 0.29) is 0 Å². The van der Waals surface area contributed by atoms with Crippen molar-refractivity contribution in [1.82, 2.24) is 0 Å². The number of ether oxygens (including phenoxy) is 1. The van der Waals surface area contributed by atoms with Gasteiger partial charge in [0.25, 0.3) is 0 Å². The lowest BCUT2D eigenvalue weighted by atomic mass is 10.0. The molecular weight excluding hydrogens is 222 g/mol. The molecule has 0 saturated heterocycles. The molecule has 0 heterocycles. The number of benzene rings is 2. The van der Waals surface area contributed by atoms with Gasteiger partial charge in [-0.05, 0) is 35.7 Å². The zero-order chi connectivity index (χ0) is 13.0. The Morgan fingerprint density at radius 3 is 2.33 bits per heavy atom. The van der Waals surface area contributed by atoms with Crippen molar-refractivity contribution < 1.29 is 4.74 Å². The first-order chi connectivity index (χ1) is 8.69. The highest BCUT2D eigenvalue weighted by atomic mass is 16.5. The quantitative estimate of drug-likeness (QED) is 0.673. The summed E-state index contributed by atoms with van der Waals surface area (Å²) >= 11 is 0. The molecule has 0 aliphatic rings. The molecule has 0 atom stereocenters. The van der Waals surface area contributed by atoms with Crippen molar-refractivity contribution in [3.05, 3.63) is 65.5 Å². The molecule has 90 valence electrons. The minimum Gasteiger partial charge on any atom is -0.459 e. The van der Waals surface area contributed by atoms with Crippen molar-refractivity contribution in [2.45, 2.75) is 19.8 Å². The highest BCUT2D eigenvalue weighted by molar-refractivity contribution is 5.49. The Labute approximate surface area is 108 Å². The number of hydrogen-bond acceptors (Lipinski definition) is 1. The molecule has 18 heavy (non-hydrogen) atoms. The summed E-state index contributed by atoms with van der Waals surface area (Å²) in [7, 11) is 0. The Morgan fingerprint density at radius 2 is 1.72 bits per heavy atom. The molecule has 2 rings (SSSR count). The van der Waals surface area contributed by atoms with E-state index in [2.05, 4.69) is 30.8 Å². The average molecular weight is 237 g/mol. The first-order valence-corrected chi connectivity index (χ1v) is 5.94. The maximum atomic E-state index is 6.96. The summed E-state index contributed by atoms with van der Waals surface area (Å²) in [6.45, 7) is 11.3. The van der Waals surface area contributed by atoms with Crippen molar-refractivity contribution in [3.8, 4) is 11.5 Å². The van der Waals surface area contributed by atoms with Crippen LogP contribution in [0.5, 0.6) is 11.5 Å². The lowest BCUT2D eigenvalue weighted by molar-refractivity contribution is 0.482. The van der Waals surface area contributed by atoms with E-state index in [9.17, 15) is 0 Å². The number of nitrogens with zero attached hydrogens (tertiary/aromatic N) is 1. The van der Waals surface area contributed by atoms with Crippen molar-refractivity contribution >= 4 is 5.69 Å². The zero-order valence-electron chi connectivity index (χ0n) is 10.6. The highest BCUT2D eigenvalue weighted by Crippen LogP contribution is 2.26. The molecule has 0 radical (unpaired) electrons. The minimum absolute atomic E-state index is 0.518. The molecular formula is C16H15NO. The molecule has 0 aromatic heterocycles. The highest BCUT2D eigenvalue weighted by Gasteiger charge is 2.01. The number of hydrogen-bond donors (Lipinski definition) is 0. The van der Waals surface area contributed by atoms with Crippen LogP contribution >= 0.6 is 0 Å². The van der Waals surface area contributed by atoms with Crippen LogP contribution in [0, 0.1) is 6.57 Å². The van der Waals surface area contributed by atoms with Gasteiger partial charge in [-0.3, -0.25) is 0 Å². The Bertz CT molecular complexity index is 564. The van der Waals surface area contributed by atoms with E-state index >= 15 is 0 Å². The van der Waals surface area contributed by atoms with E-state index in [0.29, 0.717) is 17.4 Å². The van der Waals surface area contributed by atoms with Gasteiger partial charge in [0.2, 0.25) is 0 Å². The third kappa shape index (κ3) is 2.89. The second-order valence-electron chi connectivity index (χ2n) is 4.43. The summed E-state index contributed by atoms with van der Waals surface area (Å²) in [5, 5.41) is 0. The largest absolute Gasteiger partial charge is 0.459 e. The fourth-order valence-electron chi connectivity index (χ4n) is 1.67. The van der Waals surface area contributed by atoms with Gasteiger partial charge in [0.15, 0.2) is 5.69 Å². The molecule has 0 saturated carbocycles. The normalized spacial score (nSPS) is 10.1. The molecule has 0 unspecified atom stereocenters. The van der Waals surface area contributed by atoms with E-state index in [0.717, 1.165) is 5.75 Å². The summed E-state index contributed by atoms with van der Waals surface area (Å²) < 4.78 is 5.71. The first kappa shape index (κ1) is 12.2. The summed E-state index contributed by atoms with van der Waals surface area (Å²) in [5.41, 5.74) is 1.88. The van der Waals surface area contributed by atoms with Crippen LogP contribution in [0.1, 0.15) is 25.3 Å². The molecule has 2 aromatic rings. The van der Waals surface area contributed by atoms with E-state index in [1.165, 1.54) is 5.56 Å². The van der Waals surface area contributed by atoms with Gasteiger partial charge in [0.05, 0.1) is 6.57 Å². The van der Waals surface area contributed by atoms with Gasteiger partial charge < -0.3 is 4.74 Å². The summed E-state index contributed by atoms with van der Waals surface area (Å²) in [6, 6.07) is 15.2. The SMILES string of the molecule is [C-]#[N+]c1cccc(Oc2ccc(C(C)C)cc2)c1. The summed E-state index contributed by atoms with van der Waals surface area (Å²) in [4.78, 5) is 3.38. The monoisotopic (exact) mass is 237 g/mol. The molecule has 0 amide bonds. The summed E-state index contributed by atoms with van der Waals surface area (Å²) in [6.07, 6.45) is 0. The van der Waals surface area contributed by atoms with E-state index in [1.54, 1.807) is 12.1 Å². The van der Waals surface area contributed by atoms with Crippen molar-refractivity contribution in [2.75, 3.05) is 0 Å². The first-order valence-electron chi connectivity index (χ1n) is 5.94. The van der Waals surface area contributed by atoms with Crippen molar-refractivity contribution in [2.24, 2.45) is 0 Å². The fraction of sp³-hybridized carbons (Fsp3) is 0.188. The molecule has 2 heteroatoms. The van der Waals surface area contributed by atoms with Crippen LogP contribution in [-0.2, 0) is 0 Å². The lowest BCUT2D eigenvalue weighted by Crippen LogP contribution is -1.88. The van der Waals surface area contributed by atoms with E-state index in [4.69, 9.17) is 11.3 Å². The maximum Gasteiger partial charge on any atom is 0.190 e. The van der Waals surface area contributed by atoms with Gasteiger partial charge in [-0.2, -0.15) is 0 Å². The van der Waals surface area contributed by atoms with Crippen LogP contribution in [0.15, 0.2) is 48.5 Å². The molecule has 0 bridgehead atoms. The molecule has 0 aliphatic heterocycles. The van der Waals surface area contributed by atoms with Crippen molar-refractivity contribution in [3.63, 3.8) is 0 Å². The van der Waals surface area contributed by atoms with Gasteiger partial charge in [-0.15, -0.1) is 0 Å². The Morgan fingerprint density at radius 1 is 1.00 bits per heavy atom. The molecule has 2 aromatic carbocycles. The summed E-state index contributed by atoms with van der Waals surface area (Å²) in [5.74, 6) is 2.01. The predicted molar refractivity (Wildman–Crippen MR) is 73.3 cm³/mol. The van der Waals surface area contributed by atoms with Crippen LogP contribution in [0.4, 0.5) is 5.69 Å². The third-order valence-corrected chi connectivity index (χ3v) is 2.73. The Balaban J connectivity index is 2.16.